The fourth-order valence-corrected chi connectivity index (χ4v) is 6.50. The number of aryl methyl sites for hydroxylation is 1. The summed E-state index contributed by atoms with van der Waals surface area (Å²) >= 11 is -0.0210. The third-order valence-corrected chi connectivity index (χ3v) is 7.70. The van der Waals surface area contributed by atoms with Gasteiger partial charge in [-0.15, -0.1) is 0 Å². The standard InChI is InChI=1S/C19H19N3OSe/c1-11-12-7-3-4-8-13(12)20-18-14(11)15-16(24-18)17(23)22-19(21-15)9-5-2-6-10-19/h3-4,7-8,21H,2,5-6,9-10H2,1H3,(H,22,23). The van der Waals surface area contributed by atoms with Gasteiger partial charge in [0.05, 0.1) is 0 Å². The number of hydrogen-bond acceptors (Lipinski definition) is 3. The second-order valence-corrected chi connectivity index (χ2v) is 9.06. The van der Waals surface area contributed by atoms with Gasteiger partial charge >= 0.3 is 146 Å². The molecule has 2 N–H and O–H groups in total. The molecule has 0 bridgehead atoms. The first-order valence-electron chi connectivity index (χ1n) is 8.59. The Balaban J connectivity index is 1.77. The molecule has 0 radical (unpaired) electrons. The fourth-order valence-electron chi connectivity index (χ4n) is 4.21. The predicted molar refractivity (Wildman–Crippen MR) is 97.8 cm³/mol. The molecule has 5 rings (SSSR count). The van der Waals surface area contributed by atoms with Gasteiger partial charge in [-0.2, -0.15) is 0 Å². The number of fused-ring (bicyclic) bond motifs is 4. The molecule has 3 heterocycles. The van der Waals surface area contributed by atoms with E-state index >= 15 is 0 Å². The number of hydrogen-bond donors (Lipinski definition) is 2. The fraction of sp³-hybridized carbons (Fsp3) is 0.368. The van der Waals surface area contributed by atoms with E-state index in [1.165, 1.54) is 35.6 Å². The van der Waals surface area contributed by atoms with Gasteiger partial charge in [0.15, 0.2) is 0 Å². The molecule has 0 atom stereocenters. The van der Waals surface area contributed by atoms with E-state index in [1.54, 1.807) is 0 Å². The Bertz CT molecular complexity index is 985. The number of anilines is 1. The van der Waals surface area contributed by atoms with Gasteiger partial charge < -0.3 is 0 Å². The number of rotatable bonds is 0. The van der Waals surface area contributed by atoms with Gasteiger partial charge in [0.25, 0.3) is 0 Å². The van der Waals surface area contributed by atoms with E-state index in [2.05, 4.69) is 35.8 Å². The van der Waals surface area contributed by atoms with Crippen molar-refractivity contribution in [1.82, 2.24) is 10.3 Å². The van der Waals surface area contributed by atoms with Crippen molar-refractivity contribution in [2.24, 2.45) is 0 Å². The van der Waals surface area contributed by atoms with Crippen LogP contribution in [0.2, 0.25) is 0 Å². The number of aromatic nitrogens is 1. The summed E-state index contributed by atoms with van der Waals surface area (Å²) in [6.07, 6.45) is 5.62. The third-order valence-electron chi connectivity index (χ3n) is 5.43. The van der Waals surface area contributed by atoms with Gasteiger partial charge in [-0.1, -0.05) is 0 Å². The first-order chi connectivity index (χ1) is 11.7. The predicted octanol–water partition coefficient (Wildman–Crippen LogP) is 3.57. The molecule has 3 aromatic rings. The van der Waals surface area contributed by atoms with Crippen molar-refractivity contribution in [3.05, 3.63) is 34.3 Å². The molecule has 1 fully saturated rings. The quantitative estimate of drug-likeness (QED) is 0.583. The molecule has 2 aliphatic rings. The molecule has 0 unspecified atom stereocenters. The Hall–Kier alpha value is -1.84. The van der Waals surface area contributed by atoms with Gasteiger partial charge in [-0.3, -0.25) is 0 Å². The second kappa shape index (κ2) is 5.08. The van der Waals surface area contributed by atoms with E-state index in [0.29, 0.717) is 0 Å². The van der Waals surface area contributed by atoms with Crippen LogP contribution in [-0.2, 0) is 0 Å². The van der Waals surface area contributed by atoms with Crippen LogP contribution in [0.5, 0.6) is 0 Å². The summed E-state index contributed by atoms with van der Waals surface area (Å²) in [5.41, 5.74) is 3.09. The summed E-state index contributed by atoms with van der Waals surface area (Å²) in [7, 11) is 0. The summed E-state index contributed by atoms with van der Waals surface area (Å²) in [5.74, 6) is 0.118. The zero-order chi connectivity index (χ0) is 16.3. The Kier molecular flexibility index (Phi) is 3.07. The summed E-state index contributed by atoms with van der Waals surface area (Å²) < 4.78 is 2.01. The van der Waals surface area contributed by atoms with Crippen molar-refractivity contribution >= 4 is 46.8 Å². The first-order valence-corrected chi connectivity index (χ1v) is 10.3. The Labute approximate surface area is 146 Å². The number of pyridine rings is 1. The molecule has 5 heteroatoms. The maximum atomic E-state index is 12.8. The number of para-hydroxylation sites is 1. The minimum absolute atomic E-state index is 0.0210. The zero-order valence-electron chi connectivity index (χ0n) is 13.6. The molecule has 122 valence electrons. The van der Waals surface area contributed by atoms with E-state index in [9.17, 15) is 4.79 Å². The van der Waals surface area contributed by atoms with Gasteiger partial charge in [-0.05, 0) is 0 Å². The van der Waals surface area contributed by atoms with Crippen molar-refractivity contribution in [2.45, 2.75) is 44.7 Å². The average Bonchev–Trinajstić information content (AvgIpc) is 2.94. The molecule has 1 aliphatic heterocycles. The van der Waals surface area contributed by atoms with Crippen LogP contribution in [0.4, 0.5) is 5.69 Å². The Morgan fingerprint density at radius 1 is 1.12 bits per heavy atom. The van der Waals surface area contributed by atoms with Crippen molar-refractivity contribution in [1.29, 1.82) is 0 Å². The summed E-state index contributed by atoms with van der Waals surface area (Å²) in [6.45, 7) is 2.16. The first kappa shape index (κ1) is 14.5. The molecule has 1 aromatic carbocycles. The average molecular weight is 384 g/mol. The monoisotopic (exact) mass is 385 g/mol. The molecule has 2 aromatic heterocycles. The van der Waals surface area contributed by atoms with Gasteiger partial charge in [0, 0.05) is 0 Å². The number of carbonyl (C=O) groups is 1. The van der Waals surface area contributed by atoms with Crippen molar-refractivity contribution in [3.63, 3.8) is 0 Å². The Morgan fingerprint density at radius 3 is 2.75 bits per heavy atom. The number of nitrogens with one attached hydrogen (secondary N) is 2. The molecule has 0 saturated heterocycles. The molecule has 1 amide bonds. The minimum atomic E-state index is -0.246. The van der Waals surface area contributed by atoms with Gasteiger partial charge in [-0.25, -0.2) is 0 Å². The maximum absolute atomic E-state index is 12.8. The molecule has 1 aliphatic carbocycles. The third kappa shape index (κ3) is 1.98. The van der Waals surface area contributed by atoms with Crippen LogP contribution in [0, 0.1) is 6.92 Å². The van der Waals surface area contributed by atoms with Gasteiger partial charge in [0.2, 0.25) is 0 Å². The Morgan fingerprint density at radius 2 is 1.92 bits per heavy atom. The van der Waals surface area contributed by atoms with Crippen LogP contribution in [0.3, 0.4) is 0 Å². The summed E-state index contributed by atoms with van der Waals surface area (Å²) in [6, 6.07) is 8.27. The molecule has 1 saturated carbocycles. The summed E-state index contributed by atoms with van der Waals surface area (Å²) in [5, 5.41) is 9.40. The van der Waals surface area contributed by atoms with Crippen LogP contribution >= 0.6 is 0 Å². The van der Waals surface area contributed by atoms with E-state index in [1.807, 2.05) is 6.07 Å². The van der Waals surface area contributed by atoms with Crippen LogP contribution in [-0.4, -0.2) is 31.1 Å². The molecule has 4 nitrogen and oxygen atoms in total. The van der Waals surface area contributed by atoms with Crippen molar-refractivity contribution < 1.29 is 4.79 Å². The second-order valence-electron chi connectivity index (χ2n) is 6.96. The van der Waals surface area contributed by atoms with E-state index in [4.69, 9.17) is 4.98 Å². The van der Waals surface area contributed by atoms with E-state index < -0.39 is 0 Å². The molecule has 24 heavy (non-hydrogen) atoms. The number of benzene rings is 1. The van der Waals surface area contributed by atoms with Crippen LogP contribution < -0.4 is 10.6 Å². The number of carbonyl (C=O) groups excluding carboxylic acids is 1. The zero-order valence-corrected chi connectivity index (χ0v) is 15.3. The summed E-state index contributed by atoms with van der Waals surface area (Å²) in [4.78, 5) is 17.7. The van der Waals surface area contributed by atoms with Crippen molar-refractivity contribution in [2.75, 3.05) is 5.32 Å². The molecule has 1 spiro atoms. The van der Waals surface area contributed by atoms with Gasteiger partial charge in [0.1, 0.15) is 0 Å². The number of amides is 1. The van der Waals surface area contributed by atoms with Crippen LogP contribution in [0.25, 0.3) is 20.7 Å². The normalized spacial score (nSPS) is 19.3. The van der Waals surface area contributed by atoms with E-state index in [-0.39, 0.29) is 26.1 Å². The van der Waals surface area contributed by atoms with Crippen LogP contribution in [0.15, 0.2) is 24.3 Å². The van der Waals surface area contributed by atoms with Crippen LogP contribution in [0.1, 0.15) is 46.9 Å². The number of nitrogens with zero attached hydrogens (tertiary/aromatic N) is 1. The molecular formula is C19H19N3OSe. The van der Waals surface area contributed by atoms with Crippen molar-refractivity contribution in [3.8, 4) is 0 Å². The SMILES string of the molecule is Cc1c2ccccc2nc2[se]c3c(c12)NC1(CCCCC1)NC3=O. The van der Waals surface area contributed by atoms with E-state index in [0.717, 1.165) is 32.9 Å². The molecular weight excluding hydrogens is 365 g/mol. The topological polar surface area (TPSA) is 54.0 Å².